The summed E-state index contributed by atoms with van der Waals surface area (Å²) in [4.78, 5) is 22.1. The molecule has 0 aliphatic heterocycles. The van der Waals surface area contributed by atoms with E-state index >= 15 is 0 Å². The number of carboxylic acids is 1. The van der Waals surface area contributed by atoms with Crippen LogP contribution in [0.2, 0.25) is 0 Å². The van der Waals surface area contributed by atoms with Crippen LogP contribution in [0.5, 0.6) is 5.75 Å². The zero-order valence-corrected chi connectivity index (χ0v) is 11.7. The third-order valence-corrected chi connectivity index (χ3v) is 2.92. The molecule has 5 heteroatoms. The molecule has 2 aromatic rings. The largest absolute Gasteiger partial charge is 0.497 e. The van der Waals surface area contributed by atoms with Gasteiger partial charge in [0.15, 0.2) is 0 Å². The van der Waals surface area contributed by atoms with Crippen LogP contribution >= 0.6 is 0 Å². The van der Waals surface area contributed by atoms with Crippen LogP contribution in [-0.2, 0) is 9.59 Å². The van der Waals surface area contributed by atoms with Crippen molar-refractivity contribution in [2.24, 2.45) is 0 Å². The first kappa shape index (κ1) is 14.6. The Morgan fingerprint density at radius 2 is 1.81 bits per heavy atom. The number of hydrogen-bond donors (Lipinski definition) is 2. The molecule has 0 spiro atoms. The molecule has 0 saturated heterocycles. The molecular formula is C16H15NO4. The fourth-order valence-electron chi connectivity index (χ4n) is 1.97. The van der Waals surface area contributed by atoms with Gasteiger partial charge in [-0.2, -0.15) is 0 Å². The summed E-state index contributed by atoms with van der Waals surface area (Å²) >= 11 is 0. The molecule has 1 amide bonds. The van der Waals surface area contributed by atoms with E-state index in [0.29, 0.717) is 5.56 Å². The average molecular weight is 285 g/mol. The van der Waals surface area contributed by atoms with Gasteiger partial charge in [0.2, 0.25) is 5.91 Å². The Kier molecular flexibility index (Phi) is 4.23. The Balaban J connectivity index is 2.42. The summed E-state index contributed by atoms with van der Waals surface area (Å²) in [6.07, 6.45) is 1.42. The topological polar surface area (TPSA) is 75.6 Å². The zero-order valence-electron chi connectivity index (χ0n) is 11.7. The fraction of sp³-hybridized carbons (Fsp3) is 0.125. The number of carboxylic acid groups (broad SMARTS) is 1. The maximum Gasteiger partial charge on any atom is 0.352 e. The lowest BCUT2D eigenvalue weighted by atomic mass is 10.1. The standard InChI is InChI=1S/C16H15NO4/c1-10(18)17-15(16(19)20)8-11-3-4-13-9-14(21-2)6-5-12(13)7-11/h3-9H,1-2H3,(H,17,18)(H,19,20). The molecule has 0 bridgehead atoms. The van der Waals surface area contributed by atoms with Gasteiger partial charge in [0, 0.05) is 6.92 Å². The molecule has 5 nitrogen and oxygen atoms in total. The Labute approximate surface area is 121 Å². The van der Waals surface area contributed by atoms with Gasteiger partial charge < -0.3 is 15.2 Å². The maximum absolute atomic E-state index is 11.1. The number of benzene rings is 2. The van der Waals surface area contributed by atoms with E-state index in [9.17, 15) is 9.59 Å². The molecule has 0 unspecified atom stereocenters. The van der Waals surface area contributed by atoms with Crippen molar-refractivity contribution in [3.63, 3.8) is 0 Å². The van der Waals surface area contributed by atoms with Crippen molar-refractivity contribution >= 4 is 28.7 Å². The van der Waals surface area contributed by atoms with Crippen molar-refractivity contribution in [3.8, 4) is 5.75 Å². The van der Waals surface area contributed by atoms with E-state index in [1.165, 1.54) is 13.0 Å². The lowest BCUT2D eigenvalue weighted by Crippen LogP contribution is -2.24. The minimum atomic E-state index is -1.18. The van der Waals surface area contributed by atoms with Crippen molar-refractivity contribution in [3.05, 3.63) is 47.7 Å². The van der Waals surface area contributed by atoms with Crippen LogP contribution in [0.15, 0.2) is 42.1 Å². The van der Waals surface area contributed by atoms with Crippen LogP contribution in [-0.4, -0.2) is 24.1 Å². The van der Waals surface area contributed by atoms with Crippen molar-refractivity contribution in [1.29, 1.82) is 0 Å². The number of fused-ring (bicyclic) bond motifs is 1. The molecule has 0 atom stereocenters. The fourth-order valence-corrected chi connectivity index (χ4v) is 1.97. The highest BCUT2D eigenvalue weighted by Crippen LogP contribution is 2.22. The molecule has 108 valence electrons. The van der Waals surface area contributed by atoms with Crippen molar-refractivity contribution < 1.29 is 19.4 Å². The number of amides is 1. The maximum atomic E-state index is 11.1. The predicted molar refractivity (Wildman–Crippen MR) is 79.9 cm³/mol. The van der Waals surface area contributed by atoms with Crippen LogP contribution in [0.4, 0.5) is 0 Å². The van der Waals surface area contributed by atoms with Gasteiger partial charge in [-0.1, -0.05) is 18.2 Å². The number of methoxy groups -OCH3 is 1. The molecule has 0 aliphatic rings. The van der Waals surface area contributed by atoms with Gasteiger partial charge in [-0.05, 0) is 40.6 Å². The molecule has 0 saturated carbocycles. The van der Waals surface area contributed by atoms with E-state index in [0.717, 1.165) is 16.5 Å². The first-order valence-corrected chi connectivity index (χ1v) is 6.30. The number of hydrogen-bond acceptors (Lipinski definition) is 3. The predicted octanol–water partition coefficient (Wildman–Crippen LogP) is 2.41. The summed E-state index contributed by atoms with van der Waals surface area (Å²) in [5.74, 6) is -0.843. The molecule has 0 fully saturated rings. The first-order valence-electron chi connectivity index (χ1n) is 6.30. The molecule has 21 heavy (non-hydrogen) atoms. The second-order valence-corrected chi connectivity index (χ2v) is 4.52. The normalized spacial score (nSPS) is 11.2. The minimum Gasteiger partial charge on any atom is -0.497 e. The Morgan fingerprint density at radius 3 is 2.43 bits per heavy atom. The highest BCUT2D eigenvalue weighted by molar-refractivity contribution is 5.97. The summed E-state index contributed by atoms with van der Waals surface area (Å²) in [6, 6.07) is 11.1. The lowest BCUT2D eigenvalue weighted by Gasteiger charge is -2.05. The highest BCUT2D eigenvalue weighted by Gasteiger charge is 2.09. The summed E-state index contributed by atoms with van der Waals surface area (Å²) in [5.41, 5.74) is 0.536. The molecule has 0 aliphatic carbocycles. The van der Waals surface area contributed by atoms with Gasteiger partial charge in [-0.15, -0.1) is 0 Å². The monoisotopic (exact) mass is 285 g/mol. The number of aliphatic carboxylic acids is 1. The van der Waals surface area contributed by atoms with Gasteiger partial charge in [0.1, 0.15) is 11.4 Å². The second-order valence-electron chi connectivity index (χ2n) is 4.52. The van der Waals surface area contributed by atoms with Crippen LogP contribution < -0.4 is 10.1 Å². The van der Waals surface area contributed by atoms with E-state index in [1.54, 1.807) is 13.2 Å². The summed E-state index contributed by atoms with van der Waals surface area (Å²) in [7, 11) is 1.60. The zero-order chi connectivity index (χ0) is 15.4. The van der Waals surface area contributed by atoms with Gasteiger partial charge in [-0.3, -0.25) is 4.79 Å². The number of rotatable bonds is 4. The third kappa shape index (κ3) is 3.60. The smallest absolute Gasteiger partial charge is 0.352 e. The first-order chi connectivity index (χ1) is 9.99. The number of carbonyl (C=O) groups excluding carboxylic acids is 1. The van der Waals surface area contributed by atoms with E-state index in [2.05, 4.69) is 5.32 Å². The summed E-state index contributed by atoms with van der Waals surface area (Å²) < 4.78 is 5.16. The van der Waals surface area contributed by atoms with Gasteiger partial charge in [0.05, 0.1) is 7.11 Å². The molecule has 0 radical (unpaired) electrons. The Hall–Kier alpha value is -2.82. The van der Waals surface area contributed by atoms with E-state index < -0.39 is 11.9 Å². The van der Waals surface area contributed by atoms with Crippen LogP contribution in [0.3, 0.4) is 0 Å². The Bertz CT molecular complexity index is 734. The molecule has 2 rings (SSSR count). The van der Waals surface area contributed by atoms with Crippen molar-refractivity contribution in [2.45, 2.75) is 6.92 Å². The van der Waals surface area contributed by atoms with Gasteiger partial charge in [-0.25, -0.2) is 4.79 Å². The van der Waals surface area contributed by atoms with Crippen molar-refractivity contribution in [1.82, 2.24) is 5.32 Å². The van der Waals surface area contributed by atoms with Crippen molar-refractivity contribution in [2.75, 3.05) is 7.11 Å². The average Bonchev–Trinajstić information content (AvgIpc) is 2.45. The molecule has 0 aromatic heterocycles. The SMILES string of the molecule is COc1ccc2cc(C=C(NC(C)=O)C(=O)O)ccc2c1. The number of carbonyl (C=O) groups is 2. The second kappa shape index (κ2) is 6.09. The minimum absolute atomic E-state index is 0.157. The number of nitrogens with one attached hydrogen (secondary N) is 1. The van der Waals surface area contributed by atoms with Crippen LogP contribution in [0, 0.1) is 0 Å². The van der Waals surface area contributed by atoms with Gasteiger partial charge >= 0.3 is 5.97 Å². The van der Waals surface area contributed by atoms with Crippen LogP contribution in [0.1, 0.15) is 12.5 Å². The lowest BCUT2D eigenvalue weighted by molar-refractivity contribution is -0.134. The van der Waals surface area contributed by atoms with Gasteiger partial charge in [0.25, 0.3) is 0 Å². The molecule has 2 N–H and O–H groups in total. The van der Waals surface area contributed by atoms with E-state index in [1.807, 2.05) is 30.3 Å². The van der Waals surface area contributed by atoms with E-state index in [4.69, 9.17) is 9.84 Å². The third-order valence-electron chi connectivity index (χ3n) is 2.92. The van der Waals surface area contributed by atoms with Crippen LogP contribution in [0.25, 0.3) is 16.8 Å². The van der Waals surface area contributed by atoms with E-state index in [-0.39, 0.29) is 5.70 Å². The number of ether oxygens (including phenoxy) is 1. The summed E-state index contributed by atoms with van der Waals surface area (Å²) in [5, 5.41) is 13.3. The molecule has 2 aromatic carbocycles. The Morgan fingerprint density at radius 1 is 1.14 bits per heavy atom. The highest BCUT2D eigenvalue weighted by atomic mass is 16.5. The molecular weight excluding hydrogens is 270 g/mol. The quantitative estimate of drug-likeness (QED) is 0.846. The summed E-state index contributed by atoms with van der Waals surface area (Å²) in [6.45, 7) is 1.27. The molecule has 0 heterocycles.